The lowest BCUT2D eigenvalue weighted by Crippen LogP contribution is -2.53. The van der Waals surface area contributed by atoms with Crippen molar-refractivity contribution in [1.82, 2.24) is 10.2 Å². The molecule has 1 aromatic rings. The fraction of sp³-hybridized carbons (Fsp3) is 0.562. The van der Waals surface area contributed by atoms with Gasteiger partial charge in [-0.15, -0.1) is 0 Å². The molecule has 0 saturated carbocycles. The van der Waals surface area contributed by atoms with Crippen LogP contribution >= 0.6 is 0 Å². The molecule has 4 heteroatoms. The van der Waals surface area contributed by atoms with Gasteiger partial charge in [0.1, 0.15) is 5.54 Å². The summed E-state index contributed by atoms with van der Waals surface area (Å²) in [5, 5.41) is 3.21. The number of carbonyl (C=O) groups excluding carboxylic acids is 1. The van der Waals surface area contributed by atoms with Crippen LogP contribution in [0, 0.1) is 5.92 Å². The van der Waals surface area contributed by atoms with Gasteiger partial charge in [-0.3, -0.25) is 4.79 Å². The molecule has 2 rings (SSSR count). The molecule has 1 heterocycles. The van der Waals surface area contributed by atoms with E-state index in [2.05, 4.69) is 5.32 Å². The Morgan fingerprint density at radius 3 is 2.50 bits per heavy atom. The number of likely N-dealkylation sites (tertiary alicyclic amines) is 1. The Labute approximate surface area is 121 Å². The zero-order chi connectivity index (χ0) is 14.6. The highest BCUT2D eigenvalue weighted by Crippen LogP contribution is 2.24. The topological polar surface area (TPSA) is 58.4 Å². The van der Waals surface area contributed by atoms with Gasteiger partial charge >= 0.3 is 0 Å². The molecular formula is C16H25N3O. The molecule has 1 aliphatic rings. The molecule has 1 fully saturated rings. The number of piperidine rings is 1. The Balaban J connectivity index is 2.01. The SMILES string of the molecule is CNCC1CCN(C(=O)C(C)(N)c2ccccc2)CC1. The van der Waals surface area contributed by atoms with Crippen LogP contribution in [0.5, 0.6) is 0 Å². The maximum atomic E-state index is 12.7. The summed E-state index contributed by atoms with van der Waals surface area (Å²) in [6.07, 6.45) is 2.11. The summed E-state index contributed by atoms with van der Waals surface area (Å²) in [5.74, 6) is 0.705. The van der Waals surface area contributed by atoms with Crippen molar-refractivity contribution >= 4 is 5.91 Å². The van der Waals surface area contributed by atoms with Crippen LogP contribution in [0.25, 0.3) is 0 Å². The minimum atomic E-state index is -0.933. The predicted molar refractivity (Wildman–Crippen MR) is 81.2 cm³/mol. The Hall–Kier alpha value is -1.39. The minimum absolute atomic E-state index is 0.0339. The average Bonchev–Trinajstić information content (AvgIpc) is 2.48. The molecule has 1 amide bonds. The monoisotopic (exact) mass is 275 g/mol. The first-order valence-electron chi connectivity index (χ1n) is 7.34. The van der Waals surface area contributed by atoms with E-state index < -0.39 is 5.54 Å². The van der Waals surface area contributed by atoms with Crippen molar-refractivity contribution in [2.24, 2.45) is 11.7 Å². The van der Waals surface area contributed by atoms with E-state index in [1.165, 1.54) is 0 Å². The number of amides is 1. The molecule has 1 aromatic carbocycles. The summed E-state index contributed by atoms with van der Waals surface area (Å²) in [4.78, 5) is 14.6. The van der Waals surface area contributed by atoms with Gasteiger partial charge in [-0.25, -0.2) is 0 Å². The molecule has 1 atom stereocenters. The van der Waals surface area contributed by atoms with Crippen LogP contribution in [0.4, 0.5) is 0 Å². The molecular weight excluding hydrogens is 250 g/mol. The first-order chi connectivity index (χ1) is 9.55. The molecule has 0 radical (unpaired) electrons. The standard InChI is InChI=1S/C16H25N3O/c1-16(17,14-6-4-3-5-7-14)15(20)19-10-8-13(9-11-19)12-18-2/h3-7,13,18H,8-12,17H2,1-2H3. The zero-order valence-electron chi connectivity index (χ0n) is 12.4. The third-order valence-electron chi connectivity index (χ3n) is 4.21. The molecule has 1 saturated heterocycles. The van der Waals surface area contributed by atoms with Crippen LogP contribution in [0.1, 0.15) is 25.3 Å². The van der Waals surface area contributed by atoms with E-state index in [-0.39, 0.29) is 5.91 Å². The zero-order valence-corrected chi connectivity index (χ0v) is 12.4. The van der Waals surface area contributed by atoms with Crippen molar-refractivity contribution in [1.29, 1.82) is 0 Å². The fourth-order valence-electron chi connectivity index (χ4n) is 2.87. The Kier molecular flexibility index (Phi) is 4.78. The van der Waals surface area contributed by atoms with Crippen LogP contribution < -0.4 is 11.1 Å². The third-order valence-corrected chi connectivity index (χ3v) is 4.21. The van der Waals surface area contributed by atoms with E-state index in [4.69, 9.17) is 5.73 Å². The Bertz CT molecular complexity index is 436. The van der Waals surface area contributed by atoms with Gasteiger partial charge in [0.2, 0.25) is 5.91 Å². The number of nitrogens with zero attached hydrogens (tertiary/aromatic N) is 1. The van der Waals surface area contributed by atoms with E-state index in [0.717, 1.165) is 38.0 Å². The van der Waals surface area contributed by atoms with Crippen molar-refractivity contribution in [3.8, 4) is 0 Å². The summed E-state index contributed by atoms with van der Waals surface area (Å²) in [7, 11) is 1.98. The van der Waals surface area contributed by atoms with E-state index >= 15 is 0 Å². The first kappa shape index (κ1) is 15.0. The first-order valence-corrected chi connectivity index (χ1v) is 7.34. The second-order valence-electron chi connectivity index (χ2n) is 5.86. The summed E-state index contributed by atoms with van der Waals surface area (Å²) >= 11 is 0. The number of benzene rings is 1. The quantitative estimate of drug-likeness (QED) is 0.871. The number of nitrogens with one attached hydrogen (secondary N) is 1. The molecule has 0 bridgehead atoms. The second-order valence-corrected chi connectivity index (χ2v) is 5.86. The van der Waals surface area contributed by atoms with Crippen LogP contribution in [0.2, 0.25) is 0 Å². The van der Waals surface area contributed by atoms with E-state index in [1.807, 2.05) is 49.2 Å². The lowest BCUT2D eigenvalue weighted by atomic mass is 9.89. The van der Waals surface area contributed by atoms with Gasteiger partial charge in [0.15, 0.2) is 0 Å². The van der Waals surface area contributed by atoms with Crippen molar-refractivity contribution in [2.75, 3.05) is 26.7 Å². The third kappa shape index (κ3) is 3.19. The van der Waals surface area contributed by atoms with E-state index in [1.54, 1.807) is 0 Å². The summed E-state index contributed by atoms with van der Waals surface area (Å²) in [6, 6.07) is 9.63. The molecule has 0 aliphatic carbocycles. The number of carbonyl (C=O) groups is 1. The van der Waals surface area contributed by atoms with Gasteiger partial charge < -0.3 is 16.0 Å². The van der Waals surface area contributed by atoms with Gasteiger partial charge in [0, 0.05) is 13.1 Å². The highest BCUT2D eigenvalue weighted by molar-refractivity contribution is 5.87. The average molecular weight is 275 g/mol. The summed E-state index contributed by atoms with van der Waals surface area (Å²) < 4.78 is 0. The lowest BCUT2D eigenvalue weighted by molar-refractivity contribution is -0.138. The smallest absolute Gasteiger partial charge is 0.246 e. The minimum Gasteiger partial charge on any atom is -0.341 e. The van der Waals surface area contributed by atoms with Crippen molar-refractivity contribution in [2.45, 2.75) is 25.3 Å². The summed E-state index contributed by atoms with van der Waals surface area (Å²) in [5.41, 5.74) is 6.25. The van der Waals surface area contributed by atoms with Crippen molar-refractivity contribution < 1.29 is 4.79 Å². The molecule has 1 unspecified atom stereocenters. The number of hydrogen-bond acceptors (Lipinski definition) is 3. The van der Waals surface area contributed by atoms with Gasteiger partial charge in [-0.2, -0.15) is 0 Å². The fourth-order valence-corrected chi connectivity index (χ4v) is 2.87. The number of nitrogens with two attached hydrogens (primary N) is 1. The highest BCUT2D eigenvalue weighted by atomic mass is 16.2. The molecule has 0 aromatic heterocycles. The summed E-state index contributed by atoms with van der Waals surface area (Å²) in [6.45, 7) is 4.46. The van der Waals surface area contributed by atoms with Gasteiger partial charge in [-0.05, 0) is 44.8 Å². The van der Waals surface area contributed by atoms with Gasteiger partial charge in [-0.1, -0.05) is 30.3 Å². The molecule has 20 heavy (non-hydrogen) atoms. The number of hydrogen-bond donors (Lipinski definition) is 2. The normalized spacial score (nSPS) is 19.6. The van der Waals surface area contributed by atoms with Gasteiger partial charge in [0.25, 0.3) is 0 Å². The van der Waals surface area contributed by atoms with Crippen molar-refractivity contribution in [3.63, 3.8) is 0 Å². The van der Waals surface area contributed by atoms with E-state index in [0.29, 0.717) is 5.92 Å². The van der Waals surface area contributed by atoms with E-state index in [9.17, 15) is 4.79 Å². The second kappa shape index (κ2) is 6.37. The molecule has 110 valence electrons. The van der Waals surface area contributed by atoms with Crippen LogP contribution in [-0.4, -0.2) is 37.5 Å². The Morgan fingerprint density at radius 2 is 1.95 bits per heavy atom. The van der Waals surface area contributed by atoms with Crippen LogP contribution in [-0.2, 0) is 10.3 Å². The van der Waals surface area contributed by atoms with Gasteiger partial charge in [0.05, 0.1) is 0 Å². The predicted octanol–water partition coefficient (Wildman–Crippen LogP) is 1.32. The van der Waals surface area contributed by atoms with Crippen LogP contribution in [0.3, 0.4) is 0 Å². The maximum Gasteiger partial charge on any atom is 0.246 e. The highest BCUT2D eigenvalue weighted by Gasteiger charge is 2.35. The lowest BCUT2D eigenvalue weighted by Gasteiger charge is -2.37. The molecule has 4 nitrogen and oxygen atoms in total. The Morgan fingerprint density at radius 1 is 1.35 bits per heavy atom. The van der Waals surface area contributed by atoms with Crippen LogP contribution in [0.15, 0.2) is 30.3 Å². The molecule has 1 aliphatic heterocycles. The largest absolute Gasteiger partial charge is 0.341 e. The molecule has 0 spiro atoms. The maximum absolute atomic E-state index is 12.7. The number of rotatable bonds is 4. The molecule has 3 N–H and O–H groups in total. The van der Waals surface area contributed by atoms with Crippen molar-refractivity contribution in [3.05, 3.63) is 35.9 Å².